The summed E-state index contributed by atoms with van der Waals surface area (Å²) in [6.07, 6.45) is 10.8. The zero-order valence-corrected chi connectivity index (χ0v) is 23.7. The Labute approximate surface area is 224 Å². The fourth-order valence-corrected chi connectivity index (χ4v) is 4.78. The molecule has 0 bridgehead atoms. The van der Waals surface area contributed by atoms with E-state index in [1.54, 1.807) is 25.7 Å². The topological polar surface area (TPSA) is 87.7 Å². The molecule has 1 saturated carbocycles. The maximum atomic E-state index is 13.8. The van der Waals surface area contributed by atoms with E-state index < -0.39 is 17.7 Å². The Balaban J connectivity index is 2.27. The molecule has 0 saturated heterocycles. The lowest BCUT2D eigenvalue weighted by Gasteiger charge is -2.33. The lowest BCUT2D eigenvalue weighted by Crippen LogP contribution is -2.50. The number of benzene rings is 1. The number of hydrogen-bond acceptors (Lipinski definition) is 4. The third-order valence-electron chi connectivity index (χ3n) is 6.82. The number of nitrogens with one attached hydrogen (secondary N) is 2. The molecule has 208 valence electrons. The van der Waals surface area contributed by atoms with Gasteiger partial charge in [0.2, 0.25) is 11.8 Å². The Bertz CT molecular complexity index is 841. The standard InChI is InChI=1S/C30H49N3O4/c1-6-8-9-10-14-21-33(26(34)22-31-29(36)37-30(3,4)5)27(24-19-17-23(7-2)18-20-24)28(35)32-25-15-12-11-13-16-25/h17-20,25,27H,6-16,21-22H2,1-5H3,(H,31,36)(H,32,35). The third-order valence-corrected chi connectivity index (χ3v) is 6.82. The SMILES string of the molecule is CCCCCCCN(C(=O)CNC(=O)OC(C)(C)C)C(C(=O)NC1CCCCC1)c1ccc(CC)cc1. The summed E-state index contributed by atoms with van der Waals surface area (Å²) in [7, 11) is 0. The predicted octanol–water partition coefficient (Wildman–Crippen LogP) is 6.06. The van der Waals surface area contributed by atoms with E-state index in [9.17, 15) is 14.4 Å². The van der Waals surface area contributed by atoms with Crippen LogP contribution in [0.4, 0.5) is 4.79 Å². The Kier molecular flexibility index (Phi) is 12.9. The number of ether oxygens (including phenoxy) is 1. The second kappa shape index (κ2) is 15.6. The first-order valence-electron chi connectivity index (χ1n) is 14.3. The van der Waals surface area contributed by atoms with Gasteiger partial charge in [-0.1, -0.05) is 83.1 Å². The summed E-state index contributed by atoms with van der Waals surface area (Å²) in [6, 6.07) is 7.37. The molecule has 1 unspecified atom stereocenters. The van der Waals surface area contributed by atoms with Crippen molar-refractivity contribution in [2.75, 3.05) is 13.1 Å². The maximum absolute atomic E-state index is 13.8. The first-order valence-corrected chi connectivity index (χ1v) is 14.3. The highest BCUT2D eigenvalue weighted by Crippen LogP contribution is 2.25. The Morgan fingerprint density at radius 3 is 2.22 bits per heavy atom. The third kappa shape index (κ3) is 11.1. The summed E-state index contributed by atoms with van der Waals surface area (Å²) in [5.41, 5.74) is 1.32. The molecule has 7 heteroatoms. The number of unbranched alkanes of at least 4 members (excludes halogenated alkanes) is 4. The van der Waals surface area contributed by atoms with E-state index >= 15 is 0 Å². The van der Waals surface area contributed by atoms with Crippen molar-refractivity contribution < 1.29 is 19.1 Å². The molecule has 2 rings (SSSR count). The summed E-state index contributed by atoms with van der Waals surface area (Å²) in [6.45, 7) is 9.84. The second-order valence-electron chi connectivity index (χ2n) is 11.2. The average Bonchev–Trinajstić information content (AvgIpc) is 2.86. The van der Waals surface area contributed by atoms with E-state index in [4.69, 9.17) is 4.74 Å². The largest absolute Gasteiger partial charge is 0.444 e. The molecule has 1 aliphatic carbocycles. The van der Waals surface area contributed by atoms with Crippen molar-refractivity contribution in [1.29, 1.82) is 0 Å². The fraction of sp³-hybridized carbons (Fsp3) is 0.700. The van der Waals surface area contributed by atoms with Crippen LogP contribution in [0.25, 0.3) is 0 Å². The average molecular weight is 516 g/mol. The van der Waals surface area contributed by atoms with Gasteiger partial charge >= 0.3 is 6.09 Å². The van der Waals surface area contributed by atoms with Gasteiger partial charge in [0, 0.05) is 12.6 Å². The smallest absolute Gasteiger partial charge is 0.408 e. The number of carbonyl (C=O) groups is 3. The number of amides is 3. The van der Waals surface area contributed by atoms with E-state index in [1.165, 1.54) is 12.0 Å². The van der Waals surface area contributed by atoms with E-state index in [0.717, 1.165) is 69.8 Å². The summed E-state index contributed by atoms with van der Waals surface area (Å²) < 4.78 is 5.31. The number of hydrogen-bond donors (Lipinski definition) is 2. The van der Waals surface area contributed by atoms with Crippen molar-refractivity contribution in [2.24, 2.45) is 0 Å². The predicted molar refractivity (Wildman–Crippen MR) is 148 cm³/mol. The molecule has 0 heterocycles. The number of rotatable bonds is 13. The van der Waals surface area contributed by atoms with Crippen LogP contribution in [0.3, 0.4) is 0 Å². The zero-order chi connectivity index (χ0) is 27.3. The van der Waals surface area contributed by atoms with Gasteiger partial charge in [-0.15, -0.1) is 0 Å². The summed E-state index contributed by atoms with van der Waals surface area (Å²) in [4.78, 5) is 41.2. The number of aryl methyl sites for hydroxylation is 1. The molecule has 1 aliphatic rings. The molecule has 0 aliphatic heterocycles. The van der Waals surface area contributed by atoms with Crippen LogP contribution in [-0.2, 0) is 20.7 Å². The molecule has 0 spiro atoms. The Morgan fingerprint density at radius 1 is 0.973 bits per heavy atom. The van der Waals surface area contributed by atoms with Gasteiger partial charge in [-0.05, 0) is 57.6 Å². The van der Waals surface area contributed by atoms with Crippen LogP contribution in [0.5, 0.6) is 0 Å². The van der Waals surface area contributed by atoms with Gasteiger partial charge in [-0.2, -0.15) is 0 Å². The molecule has 1 aromatic rings. The highest BCUT2D eigenvalue weighted by Gasteiger charge is 2.33. The molecular weight excluding hydrogens is 466 g/mol. The van der Waals surface area contributed by atoms with Gasteiger partial charge in [-0.25, -0.2) is 4.79 Å². The maximum Gasteiger partial charge on any atom is 0.408 e. The van der Waals surface area contributed by atoms with Crippen molar-refractivity contribution in [1.82, 2.24) is 15.5 Å². The van der Waals surface area contributed by atoms with Crippen LogP contribution in [0.15, 0.2) is 24.3 Å². The fourth-order valence-electron chi connectivity index (χ4n) is 4.78. The molecule has 1 atom stereocenters. The minimum absolute atomic E-state index is 0.139. The summed E-state index contributed by atoms with van der Waals surface area (Å²) in [5.74, 6) is -0.431. The van der Waals surface area contributed by atoms with E-state index in [1.807, 2.05) is 24.3 Å². The van der Waals surface area contributed by atoms with E-state index in [2.05, 4.69) is 24.5 Å². The monoisotopic (exact) mass is 515 g/mol. The van der Waals surface area contributed by atoms with Crippen LogP contribution in [0.2, 0.25) is 0 Å². The van der Waals surface area contributed by atoms with Gasteiger partial charge in [-0.3, -0.25) is 9.59 Å². The van der Waals surface area contributed by atoms with Crippen LogP contribution in [0.1, 0.15) is 116 Å². The molecule has 37 heavy (non-hydrogen) atoms. The molecule has 0 aromatic heterocycles. The normalized spacial score (nSPS) is 15.1. The first-order chi connectivity index (χ1) is 17.6. The van der Waals surface area contributed by atoms with Crippen LogP contribution in [-0.4, -0.2) is 47.5 Å². The van der Waals surface area contributed by atoms with Crippen LogP contribution < -0.4 is 10.6 Å². The summed E-state index contributed by atoms with van der Waals surface area (Å²) >= 11 is 0. The first kappa shape index (κ1) is 30.7. The quantitative estimate of drug-likeness (QED) is 0.313. The number of carbonyl (C=O) groups excluding carboxylic acids is 3. The highest BCUT2D eigenvalue weighted by molar-refractivity contribution is 5.90. The molecule has 3 amide bonds. The van der Waals surface area contributed by atoms with E-state index in [-0.39, 0.29) is 24.4 Å². The Hall–Kier alpha value is -2.57. The van der Waals surface area contributed by atoms with Crippen LogP contribution in [0, 0.1) is 0 Å². The van der Waals surface area contributed by atoms with Crippen molar-refractivity contribution in [3.8, 4) is 0 Å². The molecule has 0 radical (unpaired) electrons. The Morgan fingerprint density at radius 2 is 1.62 bits per heavy atom. The number of nitrogens with zero attached hydrogens (tertiary/aromatic N) is 1. The highest BCUT2D eigenvalue weighted by atomic mass is 16.6. The lowest BCUT2D eigenvalue weighted by molar-refractivity contribution is -0.140. The van der Waals surface area contributed by atoms with Gasteiger partial charge < -0.3 is 20.3 Å². The summed E-state index contributed by atoms with van der Waals surface area (Å²) in [5, 5.41) is 5.83. The van der Waals surface area contributed by atoms with Crippen LogP contribution >= 0.6 is 0 Å². The molecule has 2 N–H and O–H groups in total. The van der Waals surface area contributed by atoms with Crippen molar-refractivity contribution in [3.63, 3.8) is 0 Å². The molecule has 1 aromatic carbocycles. The van der Waals surface area contributed by atoms with Gasteiger partial charge in [0.1, 0.15) is 18.2 Å². The second-order valence-corrected chi connectivity index (χ2v) is 11.2. The van der Waals surface area contributed by atoms with Gasteiger partial charge in [0.05, 0.1) is 0 Å². The minimum Gasteiger partial charge on any atom is -0.444 e. The van der Waals surface area contributed by atoms with Gasteiger partial charge in [0.15, 0.2) is 0 Å². The molecule has 7 nitrogen and oxygen atoms in total. The number of alkyl carbamates (subject to hydrolysis) is 1. The van der Waals surface area contributed by atoms with Gasteiger partial charge in [0.25, 0.3) is 0 Å². The van der Waals surface area contributed by atoms with Crippen molar-refractivity contribution in [2.45, 2.75) is 123 Å². The molecule has 1 fully saturated rings. The lowest BCUT2D eigenvalue weighted by atomic mass is 9.94. The van der Waals surface area contributed by atoms with E-state index in [0.29, 0.717) is 6.54 Å². The molecular formula is C30H49N3O4. The van der Waals surface area contributed by atoms with Crippen molar-refractivity contribution >= 4 is 17.9 Å². The van der Waals surface area contributed by atoms with Crippen molar-refractivity contribution in [3.05, 3.63) is 35.4 Å². The zero-order valence-electron chi connectivity index (χ0n) is 23.7. The minimum atomic E-state index is -0.744.